The topological polar surface area (TPSA) is 0 Å². The first-order valence-electron chi connectivity index (χ1n) is 7.09. The molecular weight excluding hydrogens is 216 g/mol. The lowest BCUT2D eigenvalue weighted by molar-refractivity contribution is 0.425. The highest BCUT2D eigenvalue weighted by atomic mass is 14.4. The van der Waals surface area contributed by atoms with Gasteiger partial charge in [0.25, 0.3) is 0 Å². The van der Waals surface area contributed by atoms with Crippen molar-refractivity contribution in [2.24, 2.45) is 0 Å². The van der Waals surface area contributed by atoms with E-state index in [2.05, 4.69) is 48.5 Å². The largest absolute Gasteiger partial charge is 0.0620 e. The van der Waals surface area contributed by atoms with Crippen molar-refractivity contribution in [1.82, 2.24) is 0 Å². The Balaban J connectivity index is 1.83. The number of hydrogen-bond acceptors (Lipinski definition) is 0. The lowest BCUT2D eigenvalue weighted by atomic mass is 9.66. The van der Waals surface area contributed by atoms with Crippen molar-refractivity contribution in [2.45, 2.75) is 37.5 Å². The van der Waals surface area contributed by atoms with E-state index in [9.17, 15) is 0 Å². The molecule has 18 heavy (non-hydrogen) atoms. The van der Waals surface area contributed by atoms with Gasteiger partial charge in [-0.2, -0.15) is 0 Å². The van der Waals surface area contributed by atoms with Crippen molar-refractivity contribution >= 4 is 0 Å². The summed E-state index contributed by atoms with van der Waals surface area (Å²) < 4.78 is 0. The third-order valence-electron chi connectivity index (χ3n) is 4.84. The fourth-order valence-corrected chi connectivity index (χ4v) is 4.02. The quantitative estimate of drug-likeness (QED) is 0.632. The lowest BCUT2D eigenvalue weighted by Gasteiger charge is -2.38. The summed E-state index contributed by atoms with van der Waals surface area (Å²) in [6, 6.07) is 18.2. The molecule has 0 bridgehead atoms. The summed E-state index contributed by atoms with van der Waals surface area (Å²) in [6.45, 7) is 0. The van der Waals surface area contributed by atoms with Crippen LogP contribution in [0.2, 0.25) is 0 Å². The average molecular weight is 234 g/mol. The number of fused-ring (bicyclic) bond motifs is 5. The van der Waals surface area contributed by atoms with E-state index in [0.29, 0.717) is 0 Å². The maximum atomic E-state index is 2.36. The second-order valence-corrected chi connectivity index (χ2v) is 5.69. The number of rotatable bonds is 0. The van der Waals surface area contributed by atoms with E-state index in [4.69, 9.17) is 0 Å². The van der Waals surface area contributed by atoms with Gasteiger partial charge in [-0.3, -0.25) is 0 Å². The first-order chi connectivity index (χ1) is 8.93. The molecule has 0 heteroatoms. The molecule has 0 radical (unpaired) electrons. The molecular formula is C18H18. The number of aryl methyl sites for hydroxylation is 2. The van der Waals surface area contributed by atoms with Crippen molar-refractivity contribution in [3.8, 4) is 0 Å². The predicted octanol–water partition coefficient (Wildman–Crippen LogP) is 4.45. The smallest absolute Gasteiger partial charge is 0.00870 e. The highest BCUT2D eigenvalue weighted by Gasteiger charge is 2.34. The van der Waals surface area contributed by atoms with E-state index >= 15 is 0 Å². The third-order valence-corrected chi connectivity index (χ3v) is 4.84. The van der Waals surface area contributed by atoms with E-state index < -0.39 is 0 Å². The first-order valence-corrected chi connectivity index (χ1v) is 7.09. The molecule has 2 aliphatic carbocycles. The number of benzene rings is 2. The van der Waals surface area contributed by atoms with Gasteiger partial charge < -0.3 is 0 Å². The van der Waals surface area contributed by atoms with Crippen LogP contribution in [0.25, 0.3) is 0 Å². The standard InChI is InChI=1S/C18H18/c1-3-7-15-13(5-1)9-11-18-16-8-4-2-6-14(16)10-12-17(15)18/h1-8,17-18H,9-12H2/t17-,18+. The Labute approximate surface area is 109 Å². The van der Waals surface area contributed by atoms with Crippen molar-refractivity contribution < 1.29 is 0 Å². The van der Waals surface area contributed by atoms with Crippen LogP contribution in [-0.2, 0) is 12.8 Å². The van der Waals surface area contributed by atoms with Gasteiger partial charge in [-0.15, -0.1) is 0 Å². The van der Waals surface area contributed by atoms with E-state index in [0.717, 1.165) is 11.8 Å². The minimum Gasteiger partial charge on any atom is -0.0620 e. The van der Waals surface area contributed by atoms with Crippen molar-refractivity contribution in [3.63, 3.8) is 0 Å². The van der Waals surface area contributed by atoms with Gasteiger partial charge in [0, 0.05) is 0 Å². The Morgan fingerprint density at radius 1 is 0.611 bits per heavy atom. The van der Waals surface area contributed by atoms with E-state index in [-0.39, 0.29) is 0 Å². The predicted molar refractivity (Wildman–Crippen MR) is 75.0 cm³/mol. The zero-order valence-corrected chi connectivity index (χ0v) is 10.6. The van der Waals surface area contributed by atoms with Gasteiger partial charge in [0.2, 0.25) is 0 Å². The monoisotopic (exact) mass is 234 g/mol. The molecule has 0 fully saturated rings. The first kappa shape index (κ1) is 10.4. The van der Waals surface area contributed by atoms with Crippen LogP contribution in [0.4, 0.5) is 0 Å². The maximum Gasteiger partial charge on any atom is -0.00870 e. The van der Waals surface area contributed by atoms with Gasteiger partial charge in [0.15, 0.2) is 0 Å². The van der Waals surface area contributed by atoms with Crippen LogP contribution >= 0.6 is 0 Å². The molecule has 2 aliphatic rings. The average Bonchev–Trinajstić information content (AvgIpc) is 2.46. The second-order valence-electron chi connectivity index (χ2n) is 5.69. The second kappa shape index (κ2) is 3.98. The molecule has 2 atom stereocenters. The fraction of sp³-hybridized carbons (Fsp3) is 0.333. The molecule has 0 spiro atoms. The molecule has 0 unspecified atom stereocenters. The zero-order chi connectivity index (χ0) is 11.9. The summed E-state index contributed by atoms with van der Waals surface area (Å²) in [5.74, 6) is 1.54. The molecule has 0 aromatic heterocycles. The molecule has 0 heterocycles. The Morgan fingerprint density at radius 2 is 1.06 bits per heavy atom. The van der Waals surface area contributed by atoms with Gasteiger partial charge >= 0.3 is 0 Å². The molecule has 90 valence electrons. The number of hydrogen-bond donors (Lipinski definition) is 0. The SMILES string of the molecule is c1ccc2c(c1)CC[C@H]1c3ccccc3CC[C@H]21. The van der Waals surface area contributed by atoms with Crippen molar-refractivity contribution in [3.05, 3.63) is 70.8 Å². The Bertz CT molecular complexity index is 529. The molecule has 0 saturated heterocycles. The summed E-state index contributed by atoms with van der Waals surface area (Å²) >= 11 is 0. The molecule has 0 saturated carbocycles. The molecule has 4 rings (SSSR count). The normalized spacial score (nSPS) is 24.9. The van der Waals surface area contributed by atoms with E-state index in [1.807, 2.05) is 0 Å². The minimum atomic E-state index is 0.768. The van der Waals surface area contributed by atoms with Crippen LogP contribution < -0.4 is 0 Å². The van der Waals surface area contributed by atoms with Crippen LogP contribution in [0.5, 0.6) is 0 Å². The summed E-state index contributed by atoms with van der Waals surface area (Å²) in [5.41, 5.74) is 6.45. The highest BCUT2D eigenvalue weighted by Crippen LogP contribution is 2.48. The fourth-order valence-electron chi connectivity index (χ4n) is 4.02. The van der Waals surface area contributed by atoms with Gasteiger partial charge in [-0.25, -0.2) is 0 Å². The Kier molecular flexibility index (Phi) is 2.29. The summed E-state index contributed by atoms with van der Waals surface area (Å²) in [6.07, 6.45) is 5.18. The summed E-state index contributed by atoms with van der Waals surface area (Å²) in [7, 11) is 0. The van der Waals surface area contributed by atoms with Gasteiger partial charge in [0.05, 0.1) is 0 Å². The summed E-state index contributed by atoms with van der Waals surface area (Å²) in [4.78, 5) is 0. The van der Waals surface area contributed by atoms with Crippen LogP contribution in [0.3, 0.4) is 0 Å². The third kappa shape index (κ3) is 1.45. The maximum absolute atomic E-state index is 2.36. The Hall–Kier alpha value is -1.56. The molecule has 2 aromatic rings. The summed E-state index contributed by atoms with van der Waals surface area (Å²) in [5, 5.41) is 0. The Morgan fingerprint density at radius 3 is 1.56 bits per heavy atom. The van der Waals surface area contributed by atoms with Crippen molar-refractivity contribution in [2.75, 3.05) is 0 Å². The molecule has 0 aliphatic heterocycles. The van der Waals surface area contributed by atoms with Crippen molar-refractivity contribution in [1.29, 1.82) is 0 Å². The van der Waals surface area contributed by atoms with Crippen LogP contribution in [0, 0.1) is 0 Å². The van der Waals surface area contributed by atoms with Crippen LogP contribution in [0.1, 0.15) is 46.9 Å². The molecule has 0 amide bonds. The molecule has 0 N–H and O–H groups in total. The molecule has 0 nitrogen and oxygen atoms in total. The van der Waals surface area contributed by atoms with Gasteiger partial charge in [-0.1, -0.05) is 48.5 Å². The van der Waals surface area contributed by atoms with Crippen LogP contribution in [0.15, 0.2) is 48.5 Å². The highest BCUT2D eigenvalue weighted by molar-refractivity contribution is 5.42. The lowest BCUT2D eigenvalue weighted by Crippen LogP contribution is -2.24. The molecule has 2 aromatic carbocycles. The van der Waals surface area contributed by atoms with Gasteiger partial charge in [0.1, 0.15) is 0 Å². The minimum absolute atomic E-state index is 0.768. The van der Waals surface area contributed by atoms with E-state index in [1.54, 1.807) is 22.3 Å². The van der Waals surface area contributed by atoms with Crippen LogP contribution in [-0.4, -0.2) is 0 Å². The van der Waals surface area contributed by atoms with Gasteiger partial charge in [-0.05, 0) is 59.8 Å². The zero-order valence-electron chi connectivity index (χ0n) is 10.6. The van der Waals surface area contributed by atoms with E-state index in [1.165, 1.54) is 25.7 Å².